The van der Waals surface area contributed by atoms with Crippen LogP contribution in [0.15, 0.2) is 30.3 Å². The van der Waals surface area contributed by atoms with Gasteiger partial charge in [-0.15, -0.1) is 0 Å². The Labute approximate surface area is 147 Å². The SMILES string of the molecule is COc1ccc2c(c1)c1c(c3cc(OC)c(CO)cc32)CCN(C)C1. The Morgan fingerprint density at radius 1 is 0.960 bits per heavy atom. The number of aliphatic hydroxyl groups excluding tert-OH is 1. The van der Waals surface area contributed by atoms with E-state index in [0.717, 1.165) is 36.6 Å². The average Bonchev–Trinajstić information content (AvgIpc) is 2.66. The lowest BCUT2D eigenvalue weighted by Gasteiger charge is -2.28. The molecule has 1 N–H and O–H groups in total. The number of aliphatic hydroxyl groups is 1. The third-order valence-electron chi connectivity index (χ3n) is 5.29. The van der Waals surface area contributed by atoms with Crippen molar-refractivity contribution < 1.29 is 14.6 Å². The summed E-state index contributed by atoms with van der Waals surface area (Å²) >= 11 is 0. The number of benzene rings is 3. The molecule has 0 radical (unpaired) electrons. The van der Waals surface area contributed by atoms with Crippen LogP contribution in [0.1, 0.15) is 16.7 Å². The van der Waals surface area contributed by atoms with Crippen LogP contribution in [0, 0.1) is 0 Å². The van der Waals surface area contributed by atoms with Gasteiger partial charge in [-0.2, -0.15) is 0 Å². The van der Waals surface area contributed by atoms with Crippen LogP contribution in [0.2, 0.25) is 0 Å². The monoisotopic (exact) mass is 337 g/mol. The summed E-state index contributed by atoms with van der Waals surface area (Å²) in [6.45, 7) is 1.94. The molecule has 1 aliphatic rings. The van der Waals surface area contributed by atoms with Crippen molar-refractivity contribution in [1.29, 1.82) is 0 Å². The summed E-state index contributed by atoms with van der Waals surface area (Å²) in [6, 6.07) is 10.4. The van der Waals surface area contributed by atoms with Gasteiger partial charge < -0.3 is 19.5 Å². The minimum atomic E-state index is -0.0312. The molecule has 0 atom stereocenters. The lowest BCUT2D eigenvalue weighted by Crippen LogP contribution is -2.27. The fourth-order valence-electron chi connectivity index (χ4n) is 3.99. The number of ether oxygens (including phenoxy) is 2. The Balaban J connectivity index is 2.15. The summed E-state index contributed by atoms with van der Waals surface area (Å²) in [4.78, 5) is 2.35. The molecule has 4 rings (SSSR count). The van der Waals surface area contributed by atoms with Crippen LogP contribution < -0.4 is 9.47 Å². The van der Waals surface area contributed by atoms with Crippen molar-refractivity contribution in [2.24, 2.45) is 0 Å². The highest BCUT2D eigenvalue weighted by Gasteiger charge is 2.21. The van der Waals surface area contributed by atoms with Crippen molar-refractivity contribution >= 4 is 21.5 Å². The second kappa shape index (κ2) is 6.21. The quantitative estimate of drug-likeness (QED) is 0.743. The largest absolute Gasteiger partial charge is 0.497 e. The normalized spacial score (nSPS) is 14.7. The standard InChI is InChI=1S/C21H23NO3/c1-22-7-6-16-19-10-21(25-3)13(12-23)8-17(19)15-5-4-14(24-2)9-18(15)20(16)11-22/h4-5,8-10,23H,6-7,11-12H2,1-3H3. The molecule has 0 aromatic heterocycles. The highest BCUT2D eigenvalue weighted by Crippen LogP contribution is 2.40. The van der Waals surface area contributed by atoms with E-state index in [-0.39, 0.29) is 6.61 Å². The number of rotatable bonds is 3. The predicted molar refractivity (Wildman–Crippen MR) is 101 cm³/mol. The second-order valence-corrected chi connectivity index (χ2v) is 6.72. The zero-order valence-corrected chi connectivity index (χ0v) is 14.9. The first kappa shape index (κ1) is 16.2. The molecule has 3 aromatic rings. The van der Waals surface area contributed by atoms with Crippen LogP contribution in [-0.2, 0) is 19.6 Å². The fourth-order valence-corrected chi connectivity index (χ4v) is 3.99. The molecule has 1 aliphatic heterocycles. The van der Waals surface area contributed by atoms with Gasteiger partial charge in [0.15, 0.2) is 0 Å². The third-order valence-corrected chi connectivity index (χ3v) is 5.29. The predicted octanol–water partition coefficient (Wildman–Crippen LogP) is 3.49. The zero-order valence-electron chi connectivity index (χ0n) is 14.9. The van der Waals surface area contributed by atoms with Crippen molar-refractivity contribution in [3.8, 4) is 11.5 Å². The van der Waals surface area contributed by atoms with Crippen molar-refractivity contribution in [2.75, 3.05) is 27.8 Å². The van der Waals surface area contributed by atoms with Crippen LogP contribution in [-0.4, -0.2) is 37.8 Å². The van der Waals surface area contributed by atoms with E-state index in [4.69, 9.17) is 9.47 Å². The Bertz CT molecular complexity index is 965. The Hall–Kier alpha value is -2.30. The van der Waals surface area contributed by atoms with Gasteiger partial charge >= 0.3 is 0 Å². The van der Waals surface area contributed by atoms with Crippen molar-refractivity contribution in [1.82, 2.24) is 4.90 Å². The van der Waals surface area contributed by atoms with Crippen LogP contribution in [0.5, 0.6) is 11.5 Å². The second-order valence-electron chi connectivity index (χ2n) is 6.72. The number of hydrogen-bond donors (Lipinski definition) is 1. The lowest BCUT2D eigenvalue weighted by molar-refractivity contribution is 0.274. The first-order valence-electron chi connectivity index (χ1n) is 8.57. The number of nitrogens with zero attached hydrogens (tertiary/aromatic N) is 1. The van der Waals surface area contributed by atoms with E-state index >= 15 is 0 Å². The van der Waals surface area contributed by atoms with Crippen molar-refractivity contribution in [2.45, 2.75) is 19.6 Å². The van der Waals surface area contributed by atoms with Crippen LogP contribution >= 0.6 is 0 Å². The molecule has 3 aromatic carbocycles. The van der Waals surface area contributed by atoms with Gasteiger partial charge in [0.1, 0.15) is 11.5 Å². The molecule has 4 nitrogen and oxygen atoms in total. The maximum Gasteiger partial charge on any atom is 0.125 e. The Morgan fingerprint density at radius 2 is 1.76 bits per heavy atom. The summed E-state index contributed by atoms with van der Waals surface area (Å²) in [7, 11) is 5.52. The Kier molecular flexibility index (Phi) is 4.02. The van der Waals surface area contributed by atoms with E-state index in [0.29, 0.717) is 0 Å². The highest BCUT2D eigenvalue weighted by molar-refractivity contribution is 6.12. The first-order chi connectivity index (χ1) is 12.2. The maximum absolute atomic E-state index is 9.73. The molecule has 130 valence electrons. The van der Waals surface area contributed by atoms with Gasteiger partial charge in [-0.25, -0.2) is 0 Å². The summed E-state index contributed by atoms with van der Waals surface area (Å²) in [5.41, 5.74) is 3.57. The molecule has 0 aliphatic carbocycles. The minimum Gasteiger partial charge on any atom is -0.497 e. The summed E-state index contributed by atoms with van der Waals surface area (Å²) in [5, 5.41) is 14.6. The van der Waals surface area contributed by atoms with E-state index in [1.165, 1.54) is 32.7 Å². The molecular formula is C21H23NO3. The molecule has 0 spiro atoms. The van der Waals surface area contributed by atoms with Gasteiger partial charge in [-0.05, 0) is 70.4 Å². The highest BCUT2D eigenvalue weighted by atomic mass is 16.5. The van der Waals surface area contributed by atoms with Gasteiger partial charge in [0.05, 0.1) is 20.8 Å². The van der Waals surface area contributed by atoms with Gasteiger partial charge in [0.2, 0.25) is 0 Å². The van der Waals surface area contributed by atoms with E-state index < -0.39 is 0 Å². The van der Waals surface area contributed by atoms with Gasteiger partial charge in [0, 0.05) is 18.7 Å². The third kappa shape index (κ3) is 2.53. The Morgan fingerprint density at radius 3 is 2.48 bits per heavy atom. The molecule has 25 heavy (non-hydrogen) atoms. The topological polar surface area (TPSA) is 41.9 Å². The molecule has 0 fully saturated rings. The molecule has 0 bridgehead atoms. The van der Waals surface area contributed by atoms with Gasteiger partial charge in [0.25, 0.3) is 0 Å². The maximum atomic E-state index is 9.73. The number of likely N-dealkylation sites (N-methyl/N-ethyl adjacent to an activating group) is 1. The lowest BCUT2D eigenvalue weighted by atomic mass is 9.87. The van der Waals surface area contributed by atoms with Gasteiger partial charge in [-0.1, -0.05) is 6.07 Å². The molecule has 0 unspecified atom stereocenters. The van der Waals surface area contributed by atoms with Crippen molar-refractivity contribution in [3.63, 3.8) is 0 Å². The number of methoxy groups -OCH3 is 2. The molecule has 0 amide bonds. The smallest absolute Gasteiger partial charge is 0.125 e. The van der Waals surface area contributed by atoms with Crippen molar-refractivity contribution in [3.05, 3.63) is 47.0 Å². The molecule has 0 saturated carbocycles. The zero-order chi connectivity index (χ0) is 17.6. The van der Waals surface area contributed by atoms with E-state index in [1.54, 1.807) is 14.2 Å². The van der Waals surface area contributed by atoms with Crippen LogP contribution in [0.3, 0.4) is 0 Å². The summed E-state index contributed by atoms with van der Waals surface area (Å²) in [5.74, 6) is 1.63. The fraction of sp³-hybridized carbons (Fsp3) is 0.333. The minimum absolute atomic E-state index is 0.0312. The van der Waals surface area contributed by atoms with E-state index in [2.05, 4.69) is 36.2 Å². The molecular weight excluding hydrogens is 314 g/mol. The molecule has 0 saturated heterocycles. The molecule has 1 heterocycles. The van der Waals surface area contributed by atoms with E-state index in [9.17, 15) is 5.11 Å². The summed E-state index contributed by atoms with van der Waals surface area (Å²) in [6.07, 6.45) is 1.01. The average molecular weight is 337 g/mol. The van der Waals surface area contributed by atoms with Crippen LogP contribution in [0.4, 0.5) is 0 Å². The number of hydrogen-bond acceptors (Lipinski definition) is 4. The van der Waals surface area contributed by atoms with E-state index in [1.807, 2.05) is 6.07 Å². The summed E-state index contributed by atoms with van der Waals surface area (Å²) < 4.78 is 11.0. The van der Waals surface area contributed by atoms with Crippen LogP contribution in [0.25, 0.3) is 21.5 Å². The first-order valence-corrected chi connectivity index (χ1v) is 8.57. The molecule has 4 heteroatoms. The number of fused-ring (bicyclic) bond motifs is 6. The van der Waals surface area contributed by atoms with Gasteiger partial charge in [-0.3, -0.25) is 0 Å².